The summed E-state index contributed by atoms with van der Waals surface area (Å²) in [5.41, 5.74) is 0. The monoisotopic (exact) mass is 180 g/mol. The molecule has 2 nitrogen and oxygen atoms in total. The summed E-state index contributed by atoms with van der Waals surface area (Å²) in [5, 5.41) is 9.15. The fraction of sp³-hybridized carbons (Fsp3) is 0.909. The van der Waals surface area contributed by atoms with Crippen molar-refractivity contribution in [3.05, 3.63) is 0 Å². The fourth-order valence-corrected chi connectivity index (χ4v) is 4.47. The Kier molecular flexibility index (Phi) is 1.50. The maximum Gasteiger partial charge on any atom is 0.307 e. The van der Waals surface area contributed by atoms with Gasteiger partial charge >= 0.3 is 5.97 Å². The van der Waals surface area contributed by atoms with Gasteiger partial charge in [-0.1, -0.05) is 6.42 Å². The normalized spacial score (nSPS) is 52.5. The van der Waals surface area contributed by atoms with Crippen LogP contribution >= 0.6 is 0 Å². The molecule has 0 radical (unpaired) electrons. The van der Waals surface area contributed by atoms with Gasteiger partial charge in [0.25, 0.3) is 0 Å². The van der Waals surface area contributed by atoms with Crippen molar-refractivity contribution in [2.75, 3.05) is 0 Å². The zero-order valence-corrected chi connectivity index (χ0v) is 7.78. The second kappa shape index (κ2) is 2.49. The largest absolute Gasteiger partial charge is 0.481 e. The van der Waals surface area contributed by atoms with Crippen molar-refractivity contribution in [3.63, 3.8) is 0 Å². The molecule has 3 fully saturated rings. The van der Waals surface area contributed by atoms with Gasteiger partial charge in [0.05, 0.1) is 5.92 Å². The summed E-state index contributed by atoms with van der Waals surface area (Å²) >= 11 is 0. The quantitative estimate of drug-likeness (QED) is 0.671. The lowest BCUT2D eigenvalue weighted by Gasteiger charge is -2.23. The van der Waals surface area contributed by atoms with Crippen LogP contribution in [0.4, 0.5) is 0 Å². The molecule has 3 saturated carbocycles. The maximum absolute atomic E-state index is 11.1. The Bertz CT molecular complexity index is 230. The second-order valence-corrected chi connectivity index (χ2v) is 5.03. The van der Waals surface area contributed by atoms with Crippen molar-refractivity contribution in [2.24, 2.45) is 29.6 Å². The van der Waals surface area contributed by atoms with E-state index in [4.69, 9.17) is 5.11 Å². The van der Waals surface area contributed by atoms with Crippen molar-refractivity contribution in [1.29, 1.82) is 0 Å². The summed E-state index contributed by atoms with van der Waals surface area (Å²) in [6.45, 7) is 0. The highest BCUT2D eigenvalue weighted by atomic mass is 16.4. The molecule has 2 heteroatoms. The lowest BCUT2D eigenvalue weighted by Crippen LogP contribution is -2.20. The molecule has 3 aliphatic carbocycles. The Balaban J connectivity index is 1.92. The van der Waals surface area contributed by atoms with Crippen LogP contribution in [0.15, 0.2) is 0 Å². The molecular weight excluding hydrogens is 164 g/mol. The SMILES string of the molecule is O=C(O)C1[C@H]2CC[C@@H]1[C@H]1CCC[C@H]12. The van der Waals surface area contributed by atoms with Gasteiger partial charge in [-0.05, 0) is 49.4 Å². The third-order valence-corrected chi connectivity index (χ3v) is 4.77. The van der Waals surface area contributed by atoms with Gasteiger partial charge in [0.2, 0.25) is 0 Å². The van der Waals surface area contributed by atoms with Crippen molar-refractivity contribution in [2.45, 2.75) is 32.1 Å². The number of aliphatic carboxylic acids is 1. The second-order valence-electron chi connectivity index (χ2n) is 5.03. The summed E-state index contributed by atoms with van der Waals surface area (Å²) in [6, 6.07) is 0. The van der Waals surface area contributed by atoms with Gasteiger partial charge in [-0.3, -0.25) is 4.79 Å². The van der Waals surface area contributed by atoms with Gasteiger partial charge in [0.15, 0.2) is 0 Å². The van der Waals surface area contributed by atoms with Crippen molar-refractivity contribution in [1.82, 2.24) is 0 Å². The van der Waals surface area contributed by atoms with Gasteiger partial charge in [-0.25, -0.2) is 0 Å². The van der Waals surface area contributed by atoms with E-state index in [1.807, 2.05) is 0 Å². The first-order valence-electron chi connectivity index (χ1n) is 5.52. The first-order valence-corrected chi connectivity index (χ1v) is 5.52. The number of carboxylic acids is 1. The molecule has 72 valence electrons. The minimum Gasteiger partial charge on any atom is -0.481 e. The Morgan fingerprint density at radius 3 is 1.92 bits per heavy atom. The highest BCUT2D eigenvalue weighted by Gasteiger charge is 2.58. The Hall–Kier alpha value is -0.530. The topological polar surface area (TPSA) is 37.3 Å². The van der Waals surface area contributed by atoms with Crippen LogP contribution in [0.1, 0.15) is 32.1 Å². The molecule has 0 heterocycles. The predicted octanol–water partition coefficient (Wildman–Crippen LogP) is 2.14. The molecule has 0 aromatic heterocycles. The zero-order valence-electron chi connectivity index (χ0n) is 7.78. The van der Waals surface area contributed by atoms with E-state index in [9.17, 15) is 4.79 Å². The molecule has 0 amide bonds. The third-order valence-electron chi connectivity index (χ3n) is 4.77. The number of rotatable bonds is 1. The van der Waals surface area contributed by atoms with E-state index in [0.29, 0.717) is 11.8 Å². The highest BCUT2D eigenvalue weighted by Crippen LogP contribution is 2.61. The Morgan fingerprint density at radius 2 is 1.46 bits per heavy atom. The molecule has 1 N–H and O–H groups in total. The van der Waals surface area contributed by atoms with Gasteiger partial charge in [0.1, 0.15) is 0 Å². The molecule has 3 aliphatic rings. The Labute approximate surface area is 78.3 Å². The molecule has 5 atom stereocenters. The molecular formula is C11H16O2. The molecule has 1 unspecified atom stereocenters. The highest BCUT2D eigenvalue weighted by molar-refractivity contribution is 5.72. The van der Waals surface area contributed by atoms with E-state index in [1.54, 1.807) is 0 Å². The molecule has 13 heavy (non-hydrogen) atoms. The number of fused-ring (bicyclic) bond motifs is 5. The number of carbonyl (C=O) groups is 1. The molecule has 0 saturated heterocycles. The summed E-state index contributed by atoms with van der Waals surface area (Å²) in [7, 11) is 0. The standard InChI is InChI=1S/C11H16O2/c12-11(13)10-8-4-5-9(10)7-3-1-2-6(7)8/h6-10H,1-5H2,(H,12,13)/t6-,7+,8+,9-,10?. The van der Waals surface area contributed by atoms with E-state index in [2.05, 4.69) is 0 Å². The van der Waals surface area contributed by atoms with Crippen LogP contribution in [0.3, 0.4) is 0 Å². The van der Waals surface area contributed by atoms with Gasteiger partial charge < -0.3 is 5.11 Å². The molecule has 0 aromatic rings. The van der Waals surface area contributed by atoms with Crippen LogP contribution < -0.4 is 0 Å². The molecule has 0 aliphatic heterocycles. The van der Waals surface area contributed by atoms with Crippen LogP contribution in [0.2, 0.25) is 0 Å². The van der Waals surface area contributed by atoms with E-state index in [-0.39, 0.29) is 5.92 Å². The van der Waals surface area contributed by atoms with Crippen molar-refractivity contribution >= 4 is 5.97 Å². The van der Waals surface area contributed by atoms with Gasteiger partial charge in [-0.15, -0.1) is 0 Å². The van der Waals surface area contributed by atoms with Gasteiger partial charge in [0, 0.05) is 0 Å². The number of hydrogen-bond acceptors (Lipinski definition) is 1. The first kappa shape index (κ1) is 7.84. The van der Waals surface area contributed by atoms with E-state index in [1.165, 1.54) is 32.1 Å². The summed E-state index contributed by atoms with van der Waals surface area (Å²) in [5.74, 6) is 2.21. The zero-order chi connectivity index (χ0) is 9.00. The van der Waals surface area contributed by atoms with Crippen LogP contribution in [-0.4, -0.2) is 11.1 Å². The van der Waals surface area contributed by atoms with Gasteiger partial charge in [-0.2, -0.15) is 0 Å². The summed E-state index contributed by atoms with van der Waals surface area (Å²) < 4.78 is 0. The first-order chi connectivity index (χ1) is 6.29. The van der Waals surface area contributed by atoms with E-state index < -0.39 is 5.97 Å². The molecule has 0 aromatic carbocycles. The average molecular weight is 180 g/mol. The molecule has 3 rings (SSSR count). The summed E-state index contributed by atoms with van der Waals surface area (Å²) in [4.78, 5) is 11.1. The summed E-state index contributed by atoms with van der Waals surface area (Å²) in [6.07, 6.45) is 6.38. The smallest absolute Gasteiger partial charge is 0.307 e. The predicted molar refractivity (Wildman–Crippen MR) is 48.2 cm³/mol. The molecule has 0 spiro atoms. The van der Waals surface area contributed by atoms with Crippen LogP contribution in [0.5, 0.6) is 0 Å². The van der Waals surface area contributed by atoms with Crippen molar-refractivity contribution < 1.29 is 9.90 Å². The van der Waals surface area contributed by atoms with Crippen LogP contribution in [0, 0.1) is 29.6 Å². The average Bonchev–Trinajstić information content (AvgIpc) is 2.75. The maximum atomic E-state index is 11.1. The molecule has 2 bridgehead atoms. The van der Waals surface area contributed by atoms with E-state index >= 15 is 0 Å². The third kappa shape index (κ3) is 0.866. The van der Waals surface area contributed by atoms with Crippen molar-refractivity contribution in [3.8, 4) is 0 Å². The lowest BCUT2D eigenvalue weighted by molar-refractivity contribution is -0.143. The number of hydrogen-bond donors (Lipinski definition) is 1. The lowest BCUT2D eigenvalue weighted by atomic mass is 9.82. The minimum atomic E-state index is -0.512. The Morgan fingerprint density at radius 1 is 0.923 bits per heavy atom. The minimum absolute atomic E-state index is 0.0373. The van der Waals surface area contributed by atoms with E-state index in [0.717, 1.165) is 11.8 Å². The fourth-order valence-electron chi connectivity index (χ4n) is 4.47. The van der Waals surface area contributed by atoms with Crippen LogP contribution in [-0.2, 0) is 4.79 Å². The van der Waals surface area contributed by atoms with Crippen LogP contribution in [0.25, 0.3) is 0 Å². The number of carboxylic acid groups (broad SMARTS) is 1.